The zero-order valence-corrected chi connectivity index (χ0v) is 8.40. The summed E-state index contributed by atoms with van der Waals surface area (Å²) in [5.74, 6) is -0.379. The molecule has 0 aliphatic rings. The smallest absolute Gasteiger partial charge is 0.271 e. The van der Waals surface area contributed by atoms with E-state index in [9.17, 15) is 9.90 Å². The SMILES string of the molecule is CC(O)N(NCl)C(=O)c1ccccc1. The van der Waals surface area contributed by atoms with Gasteiger partial charge in [-0.25, -0.2) is 5.01 Å². The van der Waals surface area contributed by atoms with Gasteiger partial charge < -0.3 is 5.11 Å². The van der Waals surface area contributed by atoms with Gasteiger partial charge in [0.25, 0.3) is 5.91 Å². The molecule has 0 aromatic heterocycles. The number of hydrogen-bond donors (Lipinski definition) is 2. The number of halogens is 1. The molecule has 76 valence electrons. The van der Waals surface area contributed by atoms with Gasteiger partial charge in [-0.2, -0.15) is 0 Å². The molecule has 1 aromatic carbocycles. The lowest BCUT2D eigenvalue weighted by atomic mass is 10.2. The number of carbonyl (C=O) groups excluding carboxylic acids is 1. The highest BCUT2D eigenvalue weighted by Crippen LogP contribution is 2.05. The Hall–Kier alpha value is -1.10. The van der Waals surface area contributed by atoms with Crippen LogP contribution in [0.1, 0.15) is 17.3 Å². The van der Waals surface area contributed by atoms with E-state index >= 15 is 0 Å². The zero-order valence-electron chi connectivity index (χ0n) is 7.64. The Bertz CT molecular complexity index is 303. The largest absolute Gasteiger partial charge is 0.372 e. The lowest BCUT2D eigenvalue weighted by Gasteiger charge is -2.22. The van der Waals surface area contributed by atoms with Crippen molar-refractivity contribution >= 4 is 17.7 Å². The van der Waals surface area contributed by atoms with Crippen molar-refractivity contribution in [2.24, 2.45) is 0 Å². The number of nitrogens with one attached hydrogen (secondary N) is 1. The minimum atomic E-state index is -0.986. The fourth-order valence-electron chi connectivity index (χ4n) is 0.999. The van der Waals surface area contributed by atoms with Gasteiger partial charge in [-0.05, 0) is 30.8 Å². The molecule has 0 radical (unpaired) electrons. The van der Waals surface area contributed by atoms with Crippen molar-refractivity contribution < 1.29 is 9.90 Å². The van der Waals surface area contributed by atoms with Gasteiger partial charge in [0.05, 0.1) is 0 Å². The van der Waals surface area contributed by atoms with Crippen LogP contribution in [0.25, 0.3) is 0 Å². The van der Waals surface area contributed by atoms with Crippen LogP contribution in [0.3, 0.4) is 0 Å². The first-order valence-electron chi connectivity index (χ1n) is 4.09. The number of aliphatic hydroxyl groups is 1. The normalized spacial score (nSPS) is 12.2. The molecule has 0 bridgehead atoms. The number of rotatable bonds is 3. The average molecular weight is 215 g/mol. The first-order chi connectivity index (χ1) is 6.66. The Balaban J connectivity index is 2.84. The van der Waals surface area contributed by atoms with Crippen LogP contribution >= 0.6 is 11.8 Å². The summed E-state index contributed by atoms with van der Waals surface area (Å²) in [6.07, 6.45) is -0.986. The maximum atomic E-state index is 11.6. The monoisotopic (exact) mass is 214 g/mol. The van der Waals surface area contributed by atoms with Crippen LogP contribution in [0.5, 0.6) is 0 Å². The molecule has 1 unspecified atom stereocenters. The summed E-state index contributed by atoms with van der Waals surface area (Å²) in [4.78, 5) is 13.7. The number of hydrazine groups is 1. The molecule has 0 aliphatic carbocycles. The van der Waals surface area contributed by atoms with Gasteiger partial charge in [0, 0.05) is 5.56 Å². The third kappa shape index (κ3) is 2.45. The fraction of sp³-hybridized carbons (Fsp3) is 0.222. The van der Waals surface area contributed by atoms with E-state index in [1.165, 1.54) is 6.92 Å². The molecule has 0 saturated heterocycles. The van der Waals surface area contributed by atoms with E-state index in [-0.39, 0.29) is 5.91 Å². The van der Waals surface area contributed by atoms with Gasteiger partial charge in [-0.3, -0.25) is 4.79 Å². The number of nitrogens with zero attached hydrogens (tertiary/aromatic N) is 1. The molecule has 0 aliphatic heterocycles. The molecule has 14 heavy (non-hydrogen) atoms. The Kier molecular flexibility index (Phi) is 3.88. The first kappa shape index (κ1) is 11.0. The molecule has 0 saturated carbocycles. The zero-order chi connectivity index (χ0) is 10.6. The van der Waals surface area contributed by atoms with E-state index in [0.29, 0.717) is 5.56 Å². The number of hydrogen-bond acceptors (Lipinski definition) is 3. The average Bonchev–Trinajstić information content (AvgIpc) is 2.19. The summed E-state index contributed by atoms with van der Waals surface area (Å²) in [5, 5.41) is 10.1. The molecule has 5 heteroatoms. The number of aliphatic hydroxyl groups excluding tert-OH is 1. The lowest BCUT2D eigenvalue weighted by Crippen LogP contribution is -2.44. The van der Waals surface area contributed by atoms with E-state index in [1.807, 2.05) is 0 Å². The highest BCUT2D eigenvalue weighted by atomic mass is 35.5. The quantitative estimate of drug-likeness (QED) is 0.451. The molecule has 1 aromatic rings. The third-order valence-electron chi connectivity index (χ3n) is 1.70. The molecule has 1 amide bonds. The van der Waals surface area contributed by atoms with Crippen molar-refractivity contribution in [1.82, 2.24) is 9.95 Å². The summed E-state index contributed by atoms with van der Waals surface area (Å²) in [7, 11) is 0. The topological polar surface area (TPSA) is 52.6 Å². The van der Waals surface area contributed by atoms with Crippen molar-refractivity contribution in [2.45, 2.75) is 13.2 Å². The molecule has 1 atom stereocenters. The van der Waals surface area contributed by atoms with Crippen molar-refractivity contribution in [2.75, 3.05) is 0 Å². The molecule has 1 rings (SSSR count). The van der Waals surface area contributed by atoms with Crippen LogP contribution in [0.15, 0.2) is 30.3 Å². The maximum absolute atomic E-state index is 11.6. The molecular weight excluding hydrogens is 204 g/mol. The number of amides is 1. The van der Waals surface area contributed by atoms with Gasteiger partial charge >= 0.3 is 0 Å². The summed E-state index contributed by atoms with van der Waals surface area (Å²) >= 11 is 5.30. The van der Waals surface area contributed by atoms with Crippen molar-refractivity contribution in [1.29, 1.82) is 0 Å². The summed E-state index contributed by atoms with van der Waals surface area (Å²) < 4.78 is 0. The van der Waals surface area contributed by atoms with Crippen LogP contribution < -0.4 is 4.94 Å². The predicted octanol–water partition coefficient (Wildman–Crippen LogP) is 1.13. The van der Waals surface area contributed by atoms with Crippen molar-refractivity contribution in [3.63, 3.8) is 0 Å². The van der Waals surface area contributed by atoms with Crippen LogP contribution in [-0.4, -0.2) is 22.3 Å². The minimum Gasteiger partial charge on any atom is -0.372 e. The van der Waals surface area contributed by atoms with Crippen molar-refractivity contribution in [3.8, 4) is 0 Å². The summed E-state index contributed by atoms with van der Waals surface area (Å²) in [5.41, 5.74) is 0.460. The highest BCUT2D eigenvalue weighted by molar-refractivity contribution is 6.14. The Morgan fingerprint density at radius 2 is 2.07 bits per heavy atom. The Morgan fingerprint density at radius 3 is 2.50 bits per heavy atom. The number of carbonyl (C=O) groups is 1. The standard InChI is InChI=1S/C9H11ClN2O2/c1-7(13)12(11-10)9(14)8-5-3-2-4-6-8/h2-7,11,13H,1H3. The van der Waals surface area contributed by atoms with E-state index in [2.05, 4.69) is 4.94 Å². The second-order valence-electron chi connectivity index (χ2n) is 2.76. The van der Waals surface area contributed by atoms with Gasteiger partial charge in [-0.1, -0.05) is 18.2 Å². The molecular formula is C9H11ClN2O2. The van der Waals surface area contributed by atoms with Crippen LogP contribution in [0.4, 0.5) is 0 Å². The van der Waals surface area contributed by atoms with Crippen LogP contribution in [-0.2, 0) is 0 Å². The second-order valence-corrected chi connectivity index (χ2v) is 2.93. The minimum absolute atomic E-state index is 0.379. The third-order valence-corrected chi connectivity index (χ3v) is 1.89. The van der Waals surface area contributed by atoms with Crippen molar-refractivity contribution in [3.05, 3.63) is 35.9 Å². The van der Waals surface area contributed by atoms with Crippen LogP contribution in [0, 0.1) is 0 Å². The maximum Gasteiger partial charge on any atom is 0.271 e. The summed E-state index contributed by atoms with van der Waals surface area (Å²) in [6, 6.07) is 8.57. The molecule has 0 spiro atoms. The van der Waals surface area contributed by atoms with Gasteiger partial charge in [0.2, 0.25) is 0 Å². The fourth-order valence-corrected chi connectivity index (χ4v) is 1.22. The molecule has 0 heterocycles. The van der Waals surface area contributed by atoms with E-state index in [4.69, 9.17) is 11.8 Å². The number of benzene rings is 1. The lowest BCUT2D eigenvalue weighted by molar-refractivity contribution is 0.00722. The van der Waals surface area contributed by atoms with E-state index in [1.54, 1.807) is 30.3 Å². The second kappa shape index (κ2) is 4.95. The Morgan fingerprint density at radius 1 is 1.50 bits per heavy atom. The van der Waals surface area contributed by atoms with Gasteiger partial charge in [0.15, 0.2) is 0 Å². The Labute approximate surface area is 87.2 Å². The van der Waals surface area contributed by atoms with Crippen LogP contribution in [0.2, 0.25) is 0 Å². The first-order valence-corrected chi connectivity index (χ1v) is 4.47. The highest BCUT2D eigenvalue weighted by Gasteiger charge is 2.18. The molecule has 4 nitrogen and oxygen atoms in total. The predicted molar refractivity (Wildman–Crippen MR) is 53.3 cm³/mol. The molecule has 0 fully saturated rings. The summed E-state index contributed by atoms with van der Waals surface area (Å²) in [6.45, 7) is 1.44. The van der Waals surface area contributed by atoms with E-state index in [0.717, 1.165) is 5.01 Å². The molecule has 2 N–H and O–H groups in total. The van der Waals surface area contributed by atoms with E-state index < -0.39 is 6.23 Å². The van der Waals surface area contributed by atoms with Gasteiger partial charge in [0.1, 0.15) is 6.23 Å². The van der Waals surface area contributed by atoms with Gasteiger partial charge in [-0.15, -0.1) is 4.94 Å².